The van der Waals surface area contributed by atoms with Crippen molar-refractivity contribution in [2.24, 2.45) is 11.8 Å². The van der Waals surface area contributed by atoms with E-state index in [4.69, 9.17) is 4.74 Å². The van der Waals surface area contributed by atoms with Gasteiger partial charge in [0.15, 0.2) is 0 Å². The number of aliphatic hydroxyl groups excluding tert-OH is 1. The summed E-state index contributed by atoms with van der Waals surface area (Å²) in [6.45, 7) is 2.72. The van der Waals surface area contributed by atoms with Crippen LogP contribution in [0.4, 0.5) is 0 Å². The third-order valence-electron chi connectivity index (χ3n) is 5.07. The quantitative estimate of drug-likeness (QED) is 0.879. The molecule has 0 spiro atoms. The van der Waals surface area contributed by atoms with Crippen LogP contribution in [-0.4, -0.2) is 35.7 Å². The average Bonchev–Trinajstić information content (AvgIpc) is 3.26. The molecule has 1 heterocycles. The largest absolute Gasteiger partial charge is 0.497 e. The van der Waals surface area contributed by atoms with E-state index in [0.717, 1.165) is 17.7 Å². The fourth-order valence-corrected chi connectivity index (χ4v) is 3.34. The number of hydrogen-bond donors (Lipinski definition) is 1. The van der Waals surface area contributed by atoms with Crippen molar-refractivity contribution in [1.82, 2.24) is 4.90 Å². The molecule has 2 aliphatic rings. The van der Waals surface area contributed by atoms with Crippen molar-refractivity contribution in [1.29, 1.82) is 0 Å². The molecular weight excluding hydrogens is 278 g/mol. The lowest BCUT2D eigenvalue weighted by Gasteiger charge is -2.26. The van der Waals surface area contributed by atoms with Gasteiger partial charge < -0.3 is 14.7 Å². The van der Waals surface area contributed by atoms with E-state index in [9.17, 15) is 9.90 Å². The van der Waals surface area contributed by atoms with Gasteiger partial charge in [-0.2, -0.15) is 0 Å². The second kappa shape index (κ2) is 6.29. The molecule has 1 aliphatic carbocycles. The maximum atomic E-state index is 12.3. The second-order valence-electron chi connectivity index (χ2n) is 6.71. The van der Waals surface area contributed by atoms with Crippen molar-refractivity contribution < 1.29 is 14.6 Å². The molecular formula is C18H25NO3. The number of benzene rings is 1. The summed E-state index contributed by atoms with van der Waals surface area (Å²) in [5.74, 6) is 1.76. The van der Waals surface area contributed by atoms with Gasteiger partial charge in [0.05, 0.1) is 19.3 Å². The molecule has 0 bridgehead atoms. The molecule has 1 saturated carbocycles. The Hall–Kier alpha value is -1.55. The van der Waals surface area contributed by atoms with Crippen LogP contribution in [0.2, 0.25) is 0 Å². The highest BCUT2D eigenvalue weighted by molar-refractivity contribution is 5.79. The van der Waals surface area contributed by atoms with E-state index in [1.165, 1.54) is 12.8 Å². The molecule has 1 saturated heterocycles. The number of likely N-dealkylation sites (tertiary alicyclic amines) is 1. The highest BCUT2D eigenvalue weighted by Crippen LogP contribution is 2.38. The van der Waals surface area contributed by atoms with E-state index in [0.29, 0.717) is 18.9 Å². The van der Waals surface area contributed by atoms with Crippen LogP contribution in [0.5, 0.6) is 5.75 Å². The smallest absolute Gasteiger partial charge is 0.223 e. The van der Waals surface area contributed by atoms with Crippen LogP contribution in [0.15, 0.2) is 24.3 Å². The van der Waals surface area contributed by atoms with E-state index in [2.05, 4.69) is 6.92 Å². The lowest BCUT2D eigenvalue weighted by atomic mass is 9.97. The molecule has 3 rings (SSSR count). The van der Waals surface area contributed by atoms with Gasteiger partial charge in [-0.25, -0.2) is 0 Å². The molecule has 1 amide bonds. The van der Waals surface area contributed by atoms with Gasteiger partial charge in [-0.1, -0.05) is 25.0 Å². The number of ether oxygens (including phenoxy) is 1. The monoisotopic (exact) mass is 303 g/mol. The van der Waals surface area contributed by atoms with Crippen LogP contribution in [0.3, 0.4) is 0 Å². The van der Waals surface area contributed by atoms with Gasteiger partial charge in [0, 0.05) is 18.9 Å². The molecule has 4 heteroatoms. The van der Waals surface area contributed by atoms with Crippen molar-refractivity contribution in [3.05, 3.63) is 29.8 Å². The molecule has 120 valence electrons. The van der Waals surface area contributed by atoms with Gasteiger partial charge in [0.2, 0.25) is 5.91 Å². The van der Waals surface area contributed by atoms with Crippen LogP contribution in [0.25, 0.3) is 0 Å². The highest BCUT2D eigenvalue weighted by Gasteiger charge is 2.38. The Kier molecular flexibility index (Phi) is 4.39. The fourth-order valence-electron chi connectivity index (χ4n) is 3.34. The lowest BCUT2D eigenvalue weighted by Crippen LogP contribution is -2.30. The Morgan fingerprint density at radius 2 is 2.00 bits per heavy atom. The molecule has 2 unspecified atom stereocenters. The van der Waals surface area contributed by atoms with Gasteiger partial charge >= 0.3 is 0 Å². The summed E-state index contributed by atoms with van der Waals surface area (Å²) in [7, 11) is 1.65. The number of methoxy groups -OCH3 is 1. The number of amides is 1. The molecule has 1 aliphatic heterocycles. The minimum Gasteiger partial charge on any atom is -0.497 e. The first-order chi connectivity index (χ1) is 10.6. The number of nitrogens with zero attached hydrogens (tertiary/aromatic N) is 1. The molecule has 0 radical (unpaired) electrons. The third-order valence-corrected chi connectivity index (χ3v) is 5.07. The molecule has 2 fully saturated rings. The summed E-state index contributed by atoms with van der Waals surface area (Å²) in [6, 6.07) is 7.89. The van der Waals surface area contributed by atoms with E-state index >= 15 is 0 Å². The molecule has 0 aromatic heterocycles. The summed E-state index contributed by atoms with van der Waals surface area (Å²) in [6.07, 6.45) is 3.49. The van der Waals surface area contributed by atoms with Crippen LogP contribution < -0.4 is 4.74 Å². The summed E-state index contributed by atoms with van der Waals surface area (Å²) < 4.78 is 5.17. The molecule has 22 heavy (non-hydrogen) atoms. The Balaban J connectivity index is 1.63. The minimum absolute atomic E-state index is 0.0385. The topological polar surface area (TPSA) is 49.8 Å². The van der Waals surface area contributed by atoms with Crippen LogP contribution >= 0.6 is 0 Å². The fraction of sp³-hybridized carbons (Fsp3) is 0.611. The van der Waals surface area contributed by atoms with Crippen LogP contribution in [0, 0.1) is 11.8 Å². The van der Waals surface area contributed by atoms with Crippen molar-refractivity contribution in [3.8, 4) is 5.75 Å². The summed E-state index contributed by atoms with van der Waals surface area (Å²) >= 11 is 0. The highest BCUT2D eigenvalue weighted by atomic mass is 16.5. The first kappa shape index (κ1) is 15.3. The predicted molar refractivity (Wildman–Crippen MR) is 84.6 cm³/mol. The van der Waals surface area contributed by atoms with E-state index in [-0.39, 0.29) is 24.0 Å². The molecule has 1 N–H and O–H groups in total. The van der Waals surface area contributed by atoms with E-state index in [1.54, 1.807) is 7.11 Å². The predicted octanol–water partition coefficient (Wildman–Crippen LogP) is 2.77. The minimum atomic E-state index is -0.329. The summed E-state index contributed by atoms with van der Waals surface area (Å²) in [5.41, 5.74) is 1.10. The van der Waals surface area contributed by atoms with Crippen LogP contribution in [-0.2, 0) is 4.79 Å². The number of hydrogen-bond acceptors (Lipinski definition) is 3. The van der Waals surface area contributed by atoms with Crippen molar-refractivity contribution >= 4 is 5.91 Å². The maximum Gasteiger partial charge on any atom is 0.223 e. The average molecular weight is 303 g/mol. The first-order valence-corrected chi connectivity index (χ1v) is 8.20. The second-order valence-corrected chi connectivity index (χ2v) is 6.71. The summed E-state index contributed by atoms with van der Waals surface area (Å²) in [5, 5.41) is 10.3. The van der Waals surface area contributed by atoms with Gasteiger partial charge in [0.25, 0.3) is 0 Å². The molecule has 3 atom stereocenters. The Bertz CT molecular complexity index is 524. The normalized spacial score (nSPS) is 24.4. The van der Waals surface area contributed by atoms with Gasteiger partial charge in [-0.05, 0) is 37.0 Å². The van der Waals surface area contributed by atoms with E-state index < -0.39 is 0 Å². The first-order valence-electron chi connectivity index (χ1n) is 8.20. The standard InChI is InChI=1S/C18H25NO3/c1-12(14-5-7-16(22-2)8-6-14)19-11-15(10-18(19)21)17(20)9-13-3-4-13/h5-8,12-13,15,17,20H,3-4,9-11H2,1-2H3/t12?,15-,17?/m1/s1. The van der Waals surface area contributed by atoms with Crippen molar-refractivity contribution in [2.45, 2.75) is 44.8 Å². The lowest BCUT2D eigenvalue weighted by molar-refractivity contribution is -0.129. The zero-order chi connectivity index (χ0) is 15.7. The molecule has 1 aromatic carbocycles. The zero-order valence-corrected chi connectivity index (χ0v) is 13.4. The van der Waals surface area contributed by atoms with E-state index in [1.807, 2.05) is 29.2 Å². The van der Waals surface area contributed by atoms with Gasteiger partial charge in [-0.15, -0.1) is 0 Å². The number of carbonyl (C=O) groups is 1. The summed E-state index contributed by atoms with van der Waals surface area (Å²) in [4.78, 5) is 14.2. The maximum absolute atomic E-state index is 12.3. The molecule has 4 nitrogen and oxygen atoms in total. The third kappa shape index (κ3) is 3.27. The SMILES string of the molecule is COc1ccc(C(C)N2C[C@H](C(O)CC3CC3)CC2=O)cc1. The van der Waals surface area contributed by atoms with Gasteiger partial charge in [-0.3, -0.25) is 4.79 Å². The Labute approximate surface area is 132 Å². The Morgan fingerprint density at radius 3 is 2.59 bits per heavy atom. The number of rotatable bonds is 6. The number of carbonyl (C=O) groups excluding carboxylic acids is 1. The zero-order valence-electron chi connectivity index (χ0n) is 13.4. The van der Waals surface area contributed by atoms with Gasteiger partial charge in [0.1, 0.15) is 5.75 Å². The molecule has 1 aromatic rings. The Morgan fingerprint density at radius 1 is 1.32 bits per heavy atom. The van der Waals surface area contributed by atoms with Crippen molar-refractivity contribution in [2.75, 3.05) is 13.7 Å². The van der Waals surface area contributed by atoms with Crippen molar-refractivity contribution in [3.63, 3.8) is 0 Å². The van der Waals surface area contributed by atoms with Crippen LogP contribution in [0.1, 0.15) is 44.2 Å². The number of aliphatic hydroxyl groups is 1.